The van der Waals surface area contributed by atoms with Gasteiger partial charge >= 0.3 is 10.4 Å². The summed E-state index contributed by atoms with van der Waals surface area (Å²) in [5.74, 6) is -4.53. The molecule has 4 aliphatic carbocycles. The fraction of sp³-hybridized carbons (Fsp3) is 0.929. The zero-order valence-electron chi connectivity index (χ0n) is 24.3. The van der Waals surface area contributed by atoms with Gasteiger partial charge < -0.3 is 40.9 Å². The van der Waals surface area contributed by atoms with Gasteiger partial charge in [-0.15, -0.1) is 0 Å². The highest BCUT2D eigenvalue weighted by Gasteiger charge is 2.77. The van der Waals surface area contributed by atoms with Crippen LogP contribution in [0.15, 0.2) is 12.2 Å². The zero-order chi connectivity index (χ0) is 31.1. The van der Waals surface area contributed by atoms with E-state index >= 15 is 0 Å². The van der Waals surface area contributed by atoms with E-state index in [9.17, 15) is 53.8 Å². The lowest BCUT2D eigenvalue weighted by Gasteiger charge is -2.68. The van der Waals surface area contributed by atoms with Gasteiger partial charge in [0.1, 0.15) is 17.8 Å². The lowest BCUT2D eigenvalue weighted by molar-refractivity contribution is -0.318. The molecule has 41 heavy (non-hydrogen) atoms. The summed E-state index contributed by atoms with van der Waals surface area (Å²) in [4.78, 5) is 0. The molecule has 4 aliphatic rings. The molecule has 238 valence electrons. The van der Waals surface area contributed by atoms with E-state index in [-0.39, 0.29) is 18.8 Å². The van der Waals surface area contributed by atoms with Crippen molar-refractivity contribution in [1.29, 1.82) is 0 Å². The molecule has 13 heteroatoms. The minimum Gasteiger partial charge on any atom is -0.393 e. The number of hydrogen-bond acceptors (Lipinski definition) is 11. The molecule has 4 rings (SSSR count). The Bertz CT molecular complexity index is 1110. The van der Waals surface area contributed by atoms with Gasteiger partial charge in [0.25, 0.3) is 0 Å². The van der Waals surface area contributed by atoms with Crippen molar-refractivity contribution in [2.24, 2.45) is 46.3 Å². The molecule has 0 bridgehead atoms. The average molecular weight is 609 g/mol. The first-order chi connectivity index (χ1) is 18.7. The zero-order valence-corrected chi connectivity index (χ0v) is 25.1. The predicted octanol–water partition coefficient (Wildman–Crippen LogP) is -0.626. The van der Waals surface area contributed by atoms with E-state index in [0.717, 1.165) is 0 Å². The molecule has 0 heterocycles. The molecule has 0 amide bonds. The van der Waals surface area contributed by atoms with Crippen molar-refractivity contribution in [3.8, 4) is 0 Å². The molecule has 0 aliphatic heterocycles. The van der Waals surface area contributed by atoms with E-state index in [1.807, 2.05) is 13.8 Å². The van der Waals surface area contributed by atoms with E-state index in [1.54, 1.807) is 26.0 Å². The molecule has 4 saturated carbocycles. The fourth-order valence-electron chi connectivity index (χ4n) is 9.51. The first-order valence-corrected chi connectivity index (χ1v) is 15.8. The predicted molar refractivity (Wildman–Crippen MR) is 145 cm³/mol. The van der Waals surface area contributed by atoms with Crippen LogP contribution in [-0.4, -0.2) is 108 Å². The number of aliphatic hydroxyl groups is 8. The molecule has 0 spiro atoms. The molecule has 2 unspecified atom stereocenters. The summed E-state index contributed by atoms with van der Waals surface area (Å²) >= 11 is 0. The smallest absolute Gasteiger partial charge is 0.393 e. The van der Waals surface area contributed by atoms with Crippen molar-refractivity contribution in [1.82, 2.24) is 0 Å². The third-order valence-corrected chi connectivity index (χ3v) is 12.3. The van der Waals surface area contributed by atoms with Crippen molar-refractivity contribution >= 4 is 10.4 Å². The first-order valence-electron chi connectivity index (χ1n) is 14.5. The second kappa shape index (κ2) is 10.7. The first kappa shape index (κ1) is 33.2. The molecule has 0 aromatic rings. The highest BCUT2D eigenvalue weighted by Crippen LogP contribution is 2.70. The summed E-state index contributed by atoms with van der Waals surface area (Å²) in [6, 6.07) is 0. The SMILES string of the molecule is CC(C=C[C@@H](C)[C@H]1[C@@H](O)[C@@H](O)[C@@H]2[C@]1(C)CC[C@@H]1[C@@]3(C)CC[C@H](O)[C@H](O)[C@@H]3[C@@H](OS(=O)(=O)O)[C@@H](O)[C@]12O)C(C)(O)CO. The maximum absolute atomic E-state index is 12.6. The standard InChI is InChI=1S/C28H48O12S/c1-13(6-7-14(2)27(5,35)12-29)17-20(32)21(33)23-26(17,4)11-9-16-25(3)10-8-15(30)19(31)18(25)22(40-41(37,38)39)24(34)28(16,23)36/h6-7,13-24,29-36H,8-12H2,1-5H3,(H,37,38,39)/t13-,14?,15+,16-,17+,18-,19+,20-,21-,22-,23-,24-,25-,26-,27?,28+/m1/s1. The Balaban J connectivity index is 1.79. The largest absolute Gasteiger partial charge is 0.397 e. The van der Waals surface area contributed by atoms with E-state index in [1.165, 1.54) is 6.92 Å². The maximum Gasteiger partial charge on any atom is 0.397 e. The lowest BCUT2D eigenvalue weighted by Crippen LogP contribution is -2.77. The molecule has 0 aromatic carbocycles. The van der Waals surface area contributed by atoms with Crippen molar-refractivity contribution in [3.05, 3.63) is 12.2 Å². The molecule has 0 radical (unpaired) electrons. The van der Waals surface area contributed by atoms with Crippen molar-refractivity contribution in [3.63, 3.8) is 0 Å². The topological polar surface area (TPSA) is 225 Å². The van der Waals surface area contributed by atoms with Crippen LogP contribution < -0.4 is 0 Å². The maximum atomic E-state index is 12.6. The summed E-state index contributed by atoms with van der Waals surface area (Å²) in [5, 5.41) is 88.5. The molecular formula is C28H48O12S. The van der Waals surface area contributed by atoms with Gasteiger partial charge in [-0.1, -0.05) is 39.8 Å². The van der Waals surface area contributed by atoms with Gasteiger partial charge in [-0.25, -0.2) is 4.18 Å². The fourth-order valence-corrected chi connectivity index (χ4v) is 10.0. The highest BCUT2D eigenvalue weighted by atomic mass is 32.3. The third-order valence-electron chi connectivity index (χ3n) is 11.8. The summed E-state index contributed by atoms with van der Waals surface area (Å²) in [7, 11) is -5.18. The Hall–Kier alpha value is -0.710. The number of aliphatic hydroxyl groups excluding tert-OH is 6. The van der Waals surface area contributed by atoms with Crippen LogP contribution in [0.4, 0.5) is 0 Å². The summed E-state index contributed by atoms with van der Waals surface area (Å²) < 4.78 is 38.4. The van der Waals surface area contributed by atoms with Gasteiger partial charge in [-0.05, 0) is 61.2 Å². The van der Waals surface area contributed by atoms with Gasteiger partial charge in [0.2, 0.25) is 0 Å². The van der Waals surface area contributed by atoms with Gasteiger partial charge in [-0.3, -0.25) is 4.55 Å². The van der Waals surface area contributed by atoms with E-state index in [4.69, 9.17) is 4.18 Å². The van der Waals surface area contributed by atoms with Crippen molar-refractivity contribution < 1.29 is 58.0 Å². The third kappa shape index (κ3) is 5.02. The van der Waals surface area contributed by atoms with Crippen LogP contribution >= 0.6 is 0 Å². The second-order valence-electron chi connectivity index (χ2n) is 14.1. The molecule has 12 nitrogen and oxygen atoms in total. The Morgan fingerprint density at radius 1 is 0.976 bits per heavy atom. The van der Waals surface area contributed by atoms with Crippen LogP contribution in [0.3, 0.4) is 0 Å². The summed E-state index contributed by atoms with van der Waals surface area (Å²) in [5.41, 5.74) is -5.59. The Morgan fingerprint density at radius 2 is 1.56 bits per heavy atom. The normalized spacial score (nSPS) is 51.4. The molecule has 9 N–H and O–H groups in total. The molecule has 0 aromatic heterocycles. The van der Waals surface area contributed by atoms with Crippen LogP contribution in [0.1, 0.15) is 60.3 Å². The minimum atomic E-state index is -5.18. The quantitative estimate of drug-likeness (QED) is 0.130. The lowest BCUT2D eigenvalue weighted by atomic mass is 9.40. The summed E-state index contributed by atoms with van der Waals surface area (Å²) in [6.07, 6.45) is -4.84. The van der Waals surface area contributed by atoms with Gasteiger partial charge in [0.05, 0.1) is 36.6 Å². The highest BCUT2D eigenvalue weighted by molar-refractivity contribution is 7.80. The van der Waals surface area contributed by atoms with Crippen LogP contribution in [0.5, 0.6) is 0 Å². The molecular weight excluding hydrogens is 560 g/mol. The monoisotopic (exact) mass is 608 g/mol. The number of fused-ring (bicyclic) bond motifs is 5. The van der Waals surface area contributed by atoms with Crippen LogP contribution in [0.2, 0.25) is 0 Å². The van der Waals surface area contributed by atoms with Crippen molar-refractivity contribution in [2.45, 2.75) is 108 Å². The molecule has 4 fully saturated rings. The Morgan fingerprint density at radius 3 is 2.12 bits per heavy atom. The second-order valence-corrected chi connectivity index (χ2v) is 15.1. The van der Waals surface area contributed by atoms with E-state index < -0.39 is 105 Å². The van der Waals surface area contributed by atoms with Crippen LogP contribution in [0.25, 0.3) is 0 Å². The van der Waals surface area contributed by atoms with E-state index in [2.05, 4.69) is 0 Å². The van der Waals surface area contributed by atoms with Gasteiger partial charge in [0, 0.05) is 17.8 Å². The molecule has 0 saturated heterocycles. The van der Waals surface area contributed by atoms with Crippen LogP contribution in [0, 0.1) is 46.3 Å². The van der Waals surface area contributed by atoms with Crippen LogP contribution in [-0.2, 0) is 14.6 Å². The minimum absolute atomic E-state index is 0.142. The van der Waals surface area contributed by atoms with Crippen molar-refractivity contribution in [2.75, 3.05) is 6.61 Å². The number of hydrogen-bond donors (Lipinski definition) is 9. The number of rotatable bonds is 7. The van der Waals surface area contributed by atoms with Gasteiger partial charge in [0.15, 0.2) is 0 Å². The molecule has 16 atom stereocenters. The summed E-state index contributed by atoms with van der Waals surface area (Å²) in [6.45, 7) is 8.15. The average Bonchev–Trinajstić information content (AvgIpc) is 3.07. The number of allylic oxidation sites excluding steroid dienone is 1. The Labute approximate surface area is 241 Å². The van der Waals surface area contributed by atoms with Gasteiger partial charge in [-0.2, -0.15) is 8.42 Å². The van der Waals surface area contributed by atoms with E-state index in [0.29, 0.717) is 12.8 Å². The Kier molecular flexibility index (Phi) is 8.68.